The molecule has 0 saturated carbocycles. The summed E-state index contributed by atoms with van der Waals surface area (Å²) in [6, 6.07) is 9.62. The minimum atomic E-state index is -0.124. The lowest BCUT2D eigenvalue weighted by Gasteiger charge is -2.08. The lowest BCUT2D eigenvalue weighted by molar-refractivity contribution is 0.102. The first-order valence-electron chi connectivity index (χ1n) is 7.15. The number of nitrogens with one attached hydrogen (secondary N) is 2. The SMILES string of the molecule is C/C=C/c1ccc(C(=O)Nc2cnc3[nH]ccc3c2)c(C)c1. The highest BCUT2D eigenvalue weighted by Gasteiger charge is 2.10. The predicted molar refractivity (Wildman–Crippen MR) is 89.9 cm³/mol. The molecule has 0 spiro atoms. The molecule has 0 aliphatic heterocycles. The van der Waals surface area contributed by atoms with Crippen LogP contribution in [0.3, 0.4) is 0 Å². The van der Waals surface area contributed by atoms with Crippen molar-refractivity contribution in [2.24, 2.45) is 0 Å². The van der Waals surface area contributed by atoms with Crippen LogP contribution in [-0.2, 0) is 0 Å². The van der Waals surface area contributed by atoms with Crippen molar-refractivity contribution in [2.75, 3.05) is 5.32 Å². The van der Waals surface area contributed by atoms with Gasteiger partial charge in [-0.1, -0.05) is 24.3 Å². The van der Waals surface area contributed by atoms with E-state index in [9.17, 15) is 4.79 Å². The molecule has 0 saturated heterocycles. The van der Waals surface area contributed by atoms with Crippen molar-refractivity contribution in [1.29, 1.82) is 0 Å². The van der Waals surface area contributed by atoms with E-state index in [0.717, 1.165) is 22.2 Å². The van der Waals surface area contributed by atoms with Crippen LogP contribution in [0.15, 0.2) is 48.8 Å². The second-order valence-corrected chi connectivity index (χ2v) is 5.17. The van der Waals surface area contributed by atoms with Crippen LogP contribution in [0.2, 0.25) is 0 Å². The van der Waals surface area contributed by atoms with Gasteiger partial charge in [0.15, 0.2) is 0 Å². The Balaban J connectivity index is 1.84. The van der Waals surface area contributed by atoms with Crippen molar-refractivity contribution in [3.05, 3.63) is 65.5 Å². The molecule has 0 bridgehead atoms. The van der Waals surface area contributed by atoms with Gasteiger partial charge in [-0.25, -0.2) is 4.98 Å². The van der Waals surface area contributed by atoms with Crippen molar-refractivity contribution in [1.82, 2.24) is 9.97 Å². The van der Waals surface area contributed by atoms with Crippen molar-refractivity contribution in [3.63, 3.8) is 0 Å². The summed E-state index contributed by atoms with van der Waals surface area (Å²) in [4.78, 5) is 19.7. The summed E-state index contributed by atoms with van der Waals surface area (Å²) < 4.78 is 0. The lowest BCUT2D eigenvalue weighted by Crippen LogP contribution is -2.13. The highest BCUT2D eigenvalue weighted by atomic mass is 16.1. The molecule has 0 radical (unpaired) electrons. The molecule has 3 rings (SSSR count). The minimum absolute atomic E-state index is 0.124. The van der Waals surface area contributed by atoms with E-state index in [1.54, 1.807) is 6.20 Å². The first-order valence-corrected chi connectivity index (χ1v) is 7.15. The zero-order chi connectivity index (χ0) is 15.5. The highest BCUT2D eigenvalue weighted by Crippen LogP contribution is 2.18. The minimum Gasteiger partial charge on any atom is -0.346 e. The van der Waals surface area contributed by atoms with Crippen LogP contribution in [0.1, 0.15) is 28.4 Å². The number of amides is 1. The molecule has 4 nitrogen and oxygen atoms in total. The molecule has 110 valence electrons. The van der Waals surface area contributed by atoms with Crippen LogP contribution in [0.25, 0.3) is 17.1 Å². The first kappa shape index (κ1) is 14.1. The third-order valence-corrected chi connectivity index (χ3v) is 3.51. The molecule has 0 unspecified atom stereocenters. The van der Waals surface area contributed by atoms with Gasteiger partial charge in [-0.05, 0) is 43.2 Å². The monoisotopic (exact) mass is 291 g/mol. The number of anilines is 1. The van der Waals surface area contributed by atoms with E-state index in [-0.39, 0.29) is 5.91 Å². The number of aromatic amines is 1. The second kappa shape index (κ2) is 5.85. The molecule has 4 heteroatoms. The van der Waals surface area contributed by atoms with Gasteiger partial charge in [0.1, 0.15) is 5.65 Å². The number of hydrogen-bond acceptors (Lipinski definition) is 2. The van der Waals surface area contributed by atoms with Gasteiger partial charge in [-0.2, -0.15) is 0 Å². The molecule has 2 aromatic heterocycles. The maximum atomic E-state index is 12.4. The van der Waals surface area contributed by atoms with E-state index < -0.39 is 0 Å². The molecular formula is C18H17N3O. The average Bonchev–Trinajstić information content (AvgIpc) is 2.95. The molecule has 0 aliphatic carbocycles. The molecule has 0 fully saturated rings. The number of benzene rings is 1. The Labute approximate surface area is 128 Å². The Kier molecular flexibility index (Phi) is 3.74. The van der Waals surface area contributed by atoms with Crippen molar-refractivity contribution in [3.8, 4) is 0 Å². The van der Waals surface area contributed by atoms with Crippen molar-refractivity contribution >= 4 is 28.7 Å². The predicted octanol–water partition coefficient (Wildman–Crippen LogP) is 4.16. The zero-order valence-electron chi connectivity index (χ0n) is 12.6. The van der Waals surface area contributed by atoms with E-state index in [2.05, 4.69) is 15.3 Å². The molecule has 2 N–H and O–H groups in total. The molecule has 22 heavy (non-hydrogen) atoms. The topological polar surface area (TPSA) is 57.8 Å². The molecule has 3 aromatic rings. The fraction of sp³-hybridized carbons (Fsp3) is 0.111. The van der Waals surface area contributed by atoms with Crippen LogP contribution in [0, 0.1) is 6.92 Å². The van der Waals surface area contributed by atoms with Gasteiger partial charge in [0, 0.05) is 17.1 Å². The van der Waals surface area contributed by atoms with E-state index in [0.29, 0.717) is 11.3 Å². The van der Waals surface area contributed by atoms with E-state index in [4.69, 9.17) is 0 Å². The number of carbonyl (C=O) groups is 1. The number of aryl methyl sites for hydroxylation is 1. The summed E-state index contributed by atoms with van der Waals surface area (Å²) in [5.74, 6) is -0.124. The normalized spacial score (nSPS) is 11.2. The molecule has 0 aliphatic rings. The van der Waals surface area contributed by atoms with Crippen LogP contribution >= 0.6 is 0 Å². The summed E-state index contributed by atoms with van der Waals surface area (Å²) in [6.07, 6.45) is 7.47. The number of hydrogen-bond donors (Lipinski definition) is 2. The number of fused-ring (bicyclic) bond motifs is 1. The summed E-state index contributed by atoms with van der Waals surface area (Å²) in [6.45, 7) is 3.91. The van der Waals surface area contributed by atoms with Gasteiger partial charge in [0.05, 0.1) is 11.9 Å². The Hall–Kier alpha value is -2.88. The van der Waals surface area contributed by atoms with Crippen LogP contribution < -0.4 is 5.32 Å². The van der Waals surface area contributed by atoms with E-state index in [1.807, 2.05) is 62.5 Å². The maximum Gasteiger partial charge on any atom is 0.255 e. The number of H-pyrrole nitrogens is 1. The summed E-state index contributed by atoms with van der Waals surface area (Å²) in [5, 5.41) is 3.87. The number of rotatable bonds is 3. The largest absolute Gasteiger partial charge is 0.346 e. The van der Waals surface area contributed by atoms with E-state index >= 15 is 0 Å². The Morgan fingerprint density at radius 3 is 2.91 bits per heavy atom. The zero-order valence-corrected chi connectivity index (χ0v) is 12.6. The summed E-state index contributed by atoms with van der Waals surface area (Å²) in [5.41, 5.74) is 4.21. The average molecular weight is 291 g/mol. The highest BCUT2D eigenvalue weighted by molar-refractivity contribution is 6.05. The number of allylic oxidation sites excluding steroid dienone is 1. The Morgan fingerprint density at radius 1 is 1.27 bits per heavy atom. The van der Waals surface area contributed by atoms with Gasteiger partial charge in [-0.15, -0.1) is 0 Å². The standard InChI is InChI=1S/C18H17N3O/c1-3-4-13-5-6-16(12(2)9-13)18(22)21-15-10-14-7-8-19-17(14)20-11-15/h3-11H,1-2H3,(H,19,20)(H,21,22)/b4-3+. The third kappa shape index (κ3) is 2.76. The van der Waals surface area contributed by atoms with Gasteiger partial charge in [0.25, 0.3) is 5.91 Å². The lowest BCUT2D eigenvalue weighted by atomic mass is 10.0. The van der Waals surface area contributed by atoms with Gasteiger partial charge in [0.2, 0.25) is 0 Å². The second-order valence-electron chi connectivity index (χ2n) is 5.17. The molecule has 1 amide bonds. The fourth-order valence-corrected chi connectivity index (χ4v) is 2.44. The Morgan fingerprint density at radius 2 is 2.14 bits per heavy atom. The van der Waals surface area contributed by atoms with E-state index in [1.165, 1.54) is 0 Å². The fourth-order valence-electron chi connectivity index (χ4n) is 2.44. The van der Waals surface area contributed by atoms with Crippen molar-refractivity contribution in [2.45, 2.75) is 13.8 Å². The number of nitrogens with zero attached hydrogens (tertiary/aromatic N) is 1. The van der Waals surface area contributed by atoms with Crippen LogP contribution in [0.4, 0.5) is 5.69 Å². The van der Waals surface area contributed by atoms with Crippen molar-refractivity contribution < 1.29 is 4.79 Å². The maximum absolute atomic E-state index is 12.4. The summed E-state index contributed by atoms with van der Waals surface area (Å²) in [7, 11) is 0. The quantitative estimate of drug-likeness (QED) is 0.761. The number of carbonyl (C=O) groups excluding carboxylic acids is 1. The molecule has 0 atom stereocenters. The smallest absolute Gasteiger partial charge is 0.255 e. The third-order valence-electron chi connectivity index (χ3n) is 3.51. The van der Waals surface area contributed by atoms with Crippen LogP contribution in [-0.4, -0.2) is 15.9 Å². The number of pyridine rings is 1. The Bertz CT molecular complexity index is 862. The van der Waals surface area contributed by atoms with Gasteiger partial charge < -0.3 is 10.3 Å². The molecule has 1 aromatic carbocycles. The van der Waals surface area contributed by atoms with Crippen LogP contribution in [0.5, 0.6) is 0 Å². The van der Waals surface area contributed by atoms with Gasteiger partial charge >= 0.3 is 0 Å². The first-order chi connectivity index (χ1) is 10.7. The summed E-state index contributed by atoms with van der Waals surface area (Å²) >= 11 is 0. The molecular weight excluding hydrogens is 274 g/mol. The molecule has 2 heterocycles. The number of aromatic nitrogens is 2. The van der Waals surface area contributed by atoms with Gasteiger partial charge in [-0.3, -0.25) is 4.79 Å².